The molecule has 1 fully saturated rings. The molecule has 25 heavy (non-hydrogen) atoms. The summed E-state index contributed by atoms with van der Waals surface area (Å²) in [7, 11) is 0. The smallest absolute Gasteiger partial charge is 0.317 e. The first kappa shape index (κ1) is 15.5. The van der Waals surface area contributed by atoms with E-state index in [9.17, 15) is 4.79 Å². The van der Waals surface area contributed by atoms with Gasteiger partial charge in [0.1, 0.15) is 0 Å². The summed E-state index contributed by atoms with van der Waals surface area (Å²) in [4.78, 5) is 20.8. The predicted molar refractivity (Wildman–Crippen MR) is 89.4 cm³/mol. The molecule has 0 N–H and O–H groups in total. The van der Waals surface area contributed by atoms with Crippen LogP contribution in [0.1, 0.15) is 29.9 Å². The second-order valence-corrected chi connectivity index (χ2v) is 6.28. The highest BCUT2D eigenvalue weighted by molar-refractivity contribution is 5.86. The number of aryl methyl sites for hydroxylation is 1. The highest BCUT2D eigenvalue weighted by Crippen LogP contribution is 2.49. The number of esters is 1. The molecule has 1 aliphatic carbocycles. The summed E-state index contributed by atoms with van der Waals surface area (Å²) in [6.07, 6.45) is 4.93. The molecule has 0 aliphatic heterocycles. The first-order valence-electron chi connectivity index (χ1n) is 8.15. The lowest BCUT2D eigenvalue weighted by molar-refractivity contribution is -0.148. The number of hydrogen-bond acceptors (Lipinski definition) is 6. The lowest BCUT2D eigenvalue weighted by Gasteiger charge is -2.14. The second-order valence-electron chi connectivity index (χ2n) is 6.28. The van der Waals surface area contributed by atoms with E-state index in [0.29, 0.717) is 5.82 Å². The zero-order valence-corrected chi connectivity index (χ0v) is 13.8. The Bertz CT molecular complexity index is 901. The van der Waals surface area contributed by atoms with E-state index in [0.717, 1.165) is 29.5 Å². The van der Waals surface area contributed by atoms with Crippen LogP contribution in [0.25, 0.3) is 11.4 Å². The fraction of sp³-hybridized carbons (Fsp3) is 0.263. The molecule has 1 saturated carbocycles. The summed E-state index contributed by atoms with van der Waals surface area (Å²) in [5, 5.41) is 3.89. The molecule has 0 radical (unpaired) electrons. The van der Waals surface area contributed by atoms with Gasteiger partial charge in [-0.3, -0.25) is 9.78 Å². The van der Waals surface area contributed by atoms with Crippen LogP contribution in [0.15, 0.2) is 53.3 Å². The third-order valence-electron chi connectivity index (χ3n) is 4.43. The van der Waals surface area contributed by atoms with Crippen LogP contribution in [-0.2, 0) is 21.6 Å². The summed E-state index contributed by atoms with van der Waals surface area (Å²) < 4.78 is 10.6. The zero-order chi connectivity index (χ0) is 17.3. The minimum absolute atomic E-state index is 0.0281. The highest BCUT2D eigenvalue weighted by Gasteiger charge is 2.52. The Hall–Kier alpha value is -3.02. The Labute approximate surface area is 144 Å². The molecule has 1 aromatic carbocycles. The molecule has 0 bridgehead atoms. The van der Waals surface area contributed by atoms with Crippen molar-refractivity contribution >= 4 is 5.97 Å². The van der Waals surface area contributed by atoms with Crippen LogP contribution in [-0.4, -0.2) is 21.1 Å². The molecular weight excluding hydrogens is 318 g/mol. The van der Waals surface area contributed by atoms with Crippen molar-refractivity contribution in [3.05, 3.63) is 65.8 Å². The van der Waals surface area contributed by atoms with Gasteiger partial charge in [0.05, 0.1) is 5.41 Å². The van der Waals surface area contributed by atoms with Gasteiger partial charge in [-0.1, -0.05) is 35.0 Å². The molecule has 1 aliphatic rings. The maximum atomic E-state index is 12.6. The summed E-state index contributed by atoms with van der Waals surface area (Å²) in [6, 6.07) is 11.6. The van der Waals surface area contributed by atoms with Crippen molar-refractivity contribution in [3.8, 4) is 11.4 Å². The van der Waals surface area contributed by atoms with Gasteiger partial charge >= 0.3 is 5.97 Å². The molecular formula is C19H17N3O3. The van der Waals surface area contributed by atoms with Gasteiger partial charge in [-0.25, -0.2) is 0 Å². The van der Waals surface area contributed by atoms with Gasteiger partial charge < -0.3 is 9.26 Å². The standard InChI is InChI=1S/C19H17N3O3/c1-13-4-2-6-15(10-13)19(7-8-19)18(23)24-12-16-21-17(22-25-16)14-5-3-9-20-11-14/h2-6,9-11H,7-8,12H2,1H3. The lowest BCUT2D eigenvalue weighted by atomic mass is 9.95. The maximum Gasteiger partial charge on any atom is 0.317 e. The number of carbonyl (C=O) groups is 1. The van der Waals surface area contributed by atoms with E-state index < -0.39 is 5.41 Å². The van der Waals surface area contributed by atoms with E-state index in [4.69, 9.17) is 9.26 Å². The van der Waals surface area contributed by atoms with E-state index in [1.807, 2.05) is 37.3 Å². The number of nitrogens with zero attached hydrogens (tertiary/aromatic N) is 3. The van der Waals surface area contributed by atoms with E-state index in [1.54, 1.807) is 18.5 Å². The molecule has 0 spiro atoms. The van der Waals surface area contributed by atoms with Gasteiger partial charge in [-0.2, -0.15) is 4.98 Å². The fourth-order valence-electron chi connectivity index (χ4n) is 2.87. The van der Waals surface area contributed by atoms with Crippen LogP contribution in [0.4, 0.5) is 0 Å². The maximum absolute atomic E-state index is 12.6. The van der Waals surface area contributed by atoms with E-state index in [2.05, 4.69) is 15.1 Å². The Morgan fingerprint density at radius 2 is 2.16 bits per heavy atom. The molecule has 0 atom stereocenters. The predicted octanol–water partition coefficient (Wildman–Crippen LogP) is 3.22. The molecule has 3 aromatic rings. The number of carbonyl (C=O) groups excluding carboxylic acids is 1. The number of rotatable bonds is 5. The fourth-order valence-corrected chi connectivity index (χ4v) is 2.87. The van der Waals surface area contributed by atoms with E-state index >= 15 is 0 Å². The summed E-state index contributed by atoms with van der Waals surface area (Å²) in [6.45, 7) is 1.99. The zero-order valence-electron chi connectivity index (χ0n) is 13.8. The minimum Gasteiger partial charge on any atom is -0.455 e. The van der Waals surface area contributed by atoms with Gasteiger partial charge in [0.25, 0.3) is 5.89 Å². The average molecular weight is 335 g/mol. The number of hydrogen-bond donors (Lipinski definition) is 0. The van der Waals surface area contributed by atoms with Gasteiger partial charge in [-0.05, 0) is 37.5 Å². The van der Waals surface area contributed by atoms with Crippen molar-refractivity contribution in [2.75, 3.05) is 0 Å². The molecule has 126 valence electrons. The molecule has 6 heteroatoms. The van der Waals surface area contributed by atoms with Crippen molar-refractivity contribution in [1.29, 1.82) is 0 Å². The van der Waals surface area contributed by atoms with Crippen molar-refractivity contribution in [1.82, 2.24) is 15.1 Å². The molecule has 0 unspecified atom stereocenters. The Kier molecular flexibility index (Phi) is 3.80. The SMILES string of the molecule is Cc1cccc(C2(C(=O)OCc3nc(-c4cccnc4)no3)CC2)c1. The van der Waals surface area contributed by atoms with Crippen molar-refractivity contribution in [2.45, 2.75) is 31.8 Å². The summed E-state index contributed by atoms with van der Waals surface area (Å²) >= 11 is 0. The Morgan fingerprint density at radius 3 is 2.88 bits per heavy atom. The van der Waals surface area contributed by atoms with Gasteiger partial charge in [0, 0.05) is 18.0 Å². The van der Waals surface area contributed by atoms with Crippen LogP contribution in [0.3, 0.4) is 0 Å². The average Bonchev–Trinajstić information content (AvgIpc) is 3.32. The topological polar surface area (TPSA) is 78.1 Å². The molecule has 2 heterocycles. The highest BCUT2D eigenvalue weighted by atomic mass is 16.6. The van der Waals surface area contributed by atoms with Crippen LogP contribution < -0.4 is 0 Å². The monoisotopic (exact) mass is 335 g/mol. The molecule has 6 nitrogen and oxygen atoms in total. The van der Waals surface area contributed by atoms with Crippen LogP contribution in [0.5, 0.6) is 0 Å². The van der Waals surface area contributed by atoms with Crippen molar-refractivity contribution in [3.63, 3.8) is 0 Å². The number of ether oxygens (including phenoxy) is 1. The summed E-state index contributed by atoms with van der Waals surface area (Å²) in [5.74, 6) is 0.463. The molecule has 4 rings (SSSR count). The number of pyridine rings is 1. The van der Waals surface area contributed by atoms with Crippen LogP contribution >= 0.6 is 0 Å². The van der Waals surface area contributed by atoms with Crippen LogP contribution in [0, 0.1) is 6.92 Å². The van der Waals surface area contributed by atoms with Gasteiger partial charge in [-0.15, -0.1) is 0 Å². The molecule has 0 amide bonds. The molecule has 0 saturated heterocycles. The third kappa shape index (κ3) is 3.03. The number of aromatic nitrogens is 3. The largest absolute Gasteiger partial charge is 0.455 e. The van der Waals surface area contributed by atoms with Crippen molar-refractivity contribution < 1.29 is 14.1 Å². The summed E-state index contributed by atoms with van der Waals surface area (Å²) in [5.41, 5.74) is 2.38. The first-order valence-corrected chi connectivity index (χ1v) is 8.15. The quantitative estimate of drug-likeness (QED) is 0.666. The van der Waals surface area contributed by atoms with Crippen LogP contribution in [0.2, 0.25) is 0 Å². The lowest BCUT2D eigenvalue weighted by Crippen LogP contribution is -2.23. The third-order valence-corrected chi connectivity index (χ3v) is 4.43. The Balaban J connectivity index is 1.44. The van der Waals surface area contributed by atoms with Gasteiger partial charge in [0.2, 0.25) is 5.82 Å². The van der Waals surface area contributed by atoms with Gasteiger partial charge in [0.15, 0.2) is 6.61 Å². The molecule has 2 aromatic heterocycles. The van der Waals surface area contributed by atoms with Crippen molar-refractivity contribution in [2.24, 2.45) is 0 Å². The van der Waals surface area contributed by atoms with E-state index in [-0.39, 0.29) is 18.5 Å². The second kappa shape index (κ2) is 6.12. The number of benzene rings is 1. The minimum atomic E-state index is -0.516. The van der Waals surface area contributed by atoms with E-state index in [1.165, 1.54) is 0 Å². The normalized spacial score (nSPS) is 14.9. The first-order chi connectivity index (χ1) is 12.2. The Morgan fingerprint density at radius 1 is 1.28 bits per heavy atom.